The molecule has 0 aliphatic rings. The maximum absolute atomic E-state index is 10.6. The number of hydrogen-bond donors (Lipinski definition) is 3. The fourth-order valence-corrected chi connectivity index (χ4v) is 1.49. The number of carboxylic acids is 1. The van der Waals surface area contributed by atoms with E-state index in [-0.39, 0.29) is 24.5 Å². The van der Waals surface area contributed by atoms with E-state index in [0.717, 1.165) is 0 Å². The Bertz CT molecular complexity index is 348. The molecule has 3 N–H and O–H groups in total. The van der Waals surface area contributed by atoms with E-state index in [4.69, 9.17) is 14.6 Å². The largest absolute Gasteiger partial charge is 0.475 e. The van der Waals surface area contributed by atoms with Crippen molar-refractivity contribution in [1.29, 1.82) is 0 Å². The molecule has 0 radical (unpaired) electrons. The zero-order valence-corrected chi connectivity index (χ0v) is 9.43. The van der Waals surface area contributed by atoms with E-state index in [0.29, 0.717) is 12.2 Å². The zero-order chi connectivity index (χ0) is 12.1. The highest BCUT2D eigenvalue weighted by atomic mass is 16.4. The van der Waals surface area contributed by atoms with Crippen LogP contribution in [0.2, 0.25) is 0 Å². The van der Waals surface area contributed by atoms with Crippen molar-refractivity contribution >= 4 is 5.97 Å². The molecule has 90 valence electrons. The Kier molecular flexibility index (Phi) is 4.52. The Labute approximate surface area is 94.1 Å². The Balaban J connectivity index is 2.58. The highest BCUT2D eigenvalue weighted by Gasteiger charge is 2.15. The Morgan fingerprint density at radius 2 is 2.19 bits per heavy atom. The summed E-state index contributed by atoms with van der Waals surface area (Å²) >= 11 is 0. The first-order valence-corrected chi connectivity index (χ1v) is 5.24. The molecule has 5 heteroatoms. The van der Waals surface area contributed by atoms with Gasteiger partial charge in [0.2, 0.25) is 5.76 Å². The van der Waals surface area contributed by atoms with Gasteiger partial charge >= 0.3 is 5.97 Å². The minimum absolute atomic E-state index is 0.0570. The number of hydrogen-bond acceptors (Lipinski definition) is 4. The predicted octanol–water partition coefficient (Wildman–Crippen LogP) is 1.40. The summed E-state index contributed by atoms with van der Waals surface area (Å²) in [5, 5.41) is 20.7. The maximum atomic E-state index is 10.6. The highest BCUT2D eigenvalue weighted by molar-refractivity contribution is 5.84. The summed E-state index contributed by atoms with van der Waals surface area (Å²) < 4.78 is 5.16. The van der Waals surface area contributed by atoms with Crippen molar-refractivity contribution in [3.05, 3.63) is 23.7 Å². The molecule has 0 aromatic carbocycles. The van der Waals surface area contributed by atoms with E-state index < -0.39 is 5.97 Å². The van der Waals surface area contributed by atoms with Crippen LogP contribution < -0.4 is 5.32 Å². The fraction of sp³-hybridized carbons (Fsp3) is 0.545. The molecule has 2 unspecified atom stereocenters. The van der Waals surface area contributed by atoms with Crippen molar-refractivity contribution in [2.75, 3.05) is 6.61 Å². The molecule has 0 saturated heterocycles. The highest BCUT2D eigenvalue weighted by Crippen LogP contribution is 2.17. The molecule has 1 heterocycles. The normalized spacial score (nSPS) is 14.7. The van der Waals surface area contributed by atoms with Crippen LogP contribution in [-0.4, -0.2) is 28.8 Å². The number of nitrogens with one attached hydrogen (secondary N) is 1. The van der Waals surface area contributed by atoms with Crippen LogP contribution in [0.3, 0.4) is 0 Å². The number of aromatic carboxylic acids is 1. The van der Waals surface area contributed by atoms with Crippen molar-refractivity contribution in [2.24, 2.45) is 0 Å². The number of aliphatic hydroxyl groups excluding tert-OH is 1. The SMILES string of the molecule is CC(CCO)NC(C)c1ccc(C(=O)O)o1. The lowest BCUT2D eigenvalue weighted by molar-refractivity contribution is 0.0659. The van der Waals surface area contributed by atoms with Gasteiger partial charge in [-0.15, -0.1) is 0 Å². The van der Waals surface area contributed by atoms with Gasteiger partial charge in [-0.05, 0) is 32.4 Å². The minimum Gasteiger partial charge on any atom is -0.475 e. The smallest absolute Gasteiger partial charge is 0.371 e. The van der Waals surface area contributed by atoms with Crippen LogP contribution in [0.1, 0.15) is 42.6 Å². The zero-order valence-electron chi connectivity index (χ0n) is 9.43. The standard InChI is InChI=1S/C11H17NO4/c1-7(5-6-13)12-8(2)9-3-4-10(16-9)11(14)15/h3-4,7-8,12-13H,5-6H2,1-2H3,(H,14,15). The van der Waals surface area contributed by atoms with Gasteiger partial charge in [-0.25, -0.2) is 4.79 Å². The Morgan fingerprint density at radius 3 is 2.69 bits per heavy atom. The molecule has 1 aromatic heterocycles. The molecule has 0 aliphatic heterocycles. The summed E-state index contributed by atoms with van der Waals surface area (Å²) in [5.41, 5.74) is 0. The summed E-state index contributed by atoms with van der Waals surface area (Å²) in [6.07, 6.45) is 0.650. The van der Waals surface area contributed by atoms with Gasteiger partial charge in [0.1, 0.15) is 5.76 Å². The lowest BCUT2D eigenvalue weighted by Gasteiger charge is -2.17. The molecular formula is C11H17NO4. The molecule has 1 rings (SSSR count). The van der Waals surface area contributed by atoms with Gasteiger partial charge in [0.05, 0.1) is 6.04 Å². The van der Waals surface area contributed by atoms with Gasteiger partial charge in [0.25, 0.3) is 0 Å². The Hall–Kier alpha value is -1.33. The van der Waals surface area contributed by atoms with Crippen LogP contribution in [0, 0.1) is 0 Å². The topological polar surface area (TPSA) is 82.7 Å². The van der Waals surface area contributed by atoms with E-state index in [1.165, 1.54) is 6.07 Å². The van der Waals surface area contributed by atoms with Crippen LogP contribution in [0.5, 0.6) is 0 Å². The third-order valence-corrected chi connectivity index (χ3v) is 2.36. The summed E-state index contributed by atoms with van der Waals surface area (Å²) in [5.74, 6) is -0.539. The van der Waals surface area contributed by atoms with E-state index in [1.807, 2.05) is 13.8 Å². The van der Waals surface area contributed by atoms with E-state index >= 15 is 0 Å². The van der Waals surface area contributed by atoms with Gasteiger partial charge in [0, 0.05) is 12.6 Å². The van der Waals surface area contributed by atoms with Gasteiger partial charge < -0.3 is 19.9 Å². The lowest BCUT2D eigenvalue weighted by Crippen LogP contribution is -2.29. The third kappa shape index (κ3) is 3.36. The summed E-state index contributed by atoms with van der Waals surface area (Å²) in [4.78, 5) is 10.6. The summed E-state index contributed by atoms with van der Waals surface area (Å²) in [6, 6.07) is 3.16. The number of aliphatic hydroxyl groups is 1. The molecule has 0 saturated carbocycles. The molecule has 1 aromatic rings. The second-order valence-corrected chi connectivity index (χ2v) is 3.81. The molecule has 0 spiro atoms. The lowest BCUT2D eigenvalue weighted by atomic mass is 10.2. The van der Waals surface area contributed by atoms with Gasteiger partial charge in [-0.1, -0.05) is 0 Å². The molecular weight excluding hydrogens is 210 g/mol. The molecule has 5 nitrogen and oxygen atoms in total. The molecule has 0 bridgehead atoms. The average molecular weight is 227 g/mol. The molecule has 0 amide bonds. The molecule has 16 heavy (non-hydrogen) atoms. The van der Waals surface area contributed by atoms with Crippen LogP contribution in [0.25, 0.3) is 0 Å². The van der Waals surface area contributed by atoms with Crippen LogP contribution in [0.4, 0.5) is 0 Å². The van der Waals surface area contributed by atoms with E-state index in [2.05, 4.69) is 5.32 Å². The predicted molar refractivity (Wildman–Crippen MR) is 58.4 cm³/mol. The first-order chi connectivity index (χ1) is 7.54. The number of rotatable bonds is 6. The van der Waals surface area contributed by atoms with Crippen LogP contribution >= 0.6 is 0 Å². The first-order valence-electron chi connectivity index (χ1n) is 5.24. The number of carboxylic acid groups (broad SMARTS) is 1. The maximum Gasteiger partial charge on any atom is 0.371 e. The number of carbonyl (C=O) groups is 1. The second kappa shape index (κ2) is 5.67. The quantitative estimate of drug-likeness (QED) is 0.684. The summed E-state index contributed by atoms with van der Waals surface area (Å²) in [7, 11) is 0. The van der Waals surface area contributed by atoms with Gasteiger partial charge in [0.15, 0.2) is 0 Å². The van der Waals surface area contributed by atoms with Crippen molar-refractivity contribution in [1.82, 2.24) is 5.32 Å². The van der Waals surface area contributed by atoms with E-state index in [1.54, 1.807) is 6.07 Å². The molecule has 0 fully saturated rings. The average Bonchev–Trinajstić information content (AvgIpc) is 2.66. The second-order valence-electron chi connectivity index (χ2n) is 3.81. The fourth-order valence-electron chi connectivity index (χ4n) is 1.49. The monoisotopic (exact) mass is 227 g/mol. The first kappa shape index (κ1) is 12.7. The van der Waals surface area contributed by atoms with Crippen LogP contribution in [0.15, 0.2) is 16.5 Å². The van der Waals surface area contributed by atoms with Crippen molar-refractivity contribution < 1.29 is 19.4 Å². The van der Waals surface area contributed by atoms with E-state index in [9.17, 15) is 4.79 Å². The minimum atomic E-state index is -1.07. The molecule has 0 aliphatic carbocycles. The Morgan fingerprint density at radius 1 is 1.50 bits per heavy atom. The number of furan rings is 1. The van der Waals surface area contributed by atoms with Gasteiger partial charge in [-0.2, -0.15) is 0 Å². The van der Waals surface area contributed by atoms with Crippen molar-refractivity contribution in [3.63, 3.8) is 0 Å². The van der Waals surface area contributed by atoms with Crippen molar-refractivity contribution in [2.45, 2.75) is 32.4 Å². The van der Waals surface area contributed by atoms with Crippen LogP contribution in [-0.2, 0) is 0 Å². The molecule has 2 atom stereocenters. The summed E-state index contributed by atoms with van der Waals surface area (Å²) in [6.45, 7) is 3.96. The third-order valence-electron chi connectivity index (χ3n) is 2.36. The van der Waals surface area contributed by atoms with Gasteiger partial charge in [-0.3, -0.25) is 0 Å². The van der Waals surface area contributed by atoms with Crippen molar-refractivity contribution in [3.8, 4) is 0 Å².